The van der Waals surface area contributed by atoms with Crippen LogP contribution in [0, 0.1) is 5.82 Å². The molecular weight excluding hydrogens is 399 g/mol. The fourth-order valence-electron chi connectivity index (χ4n) is 2.80. The van der Waals surface area contributed by atoms with E-state index in [2.05, 4.69) is 10.3 Å². The normalized spacial score (nSPS) is 11.3. The summed E-state index contributed by atoms with van der Waals surface area (Å²) in [4.78, 5) is 29.4. The fourth-order valence-corrected chi connectivity index (χ4v) is 3.43. The molecule has 0 spiro atoms. The minimum Gasteiger partial charge on any atom is -0.372 e. The Bertz CT molecular complexity index is 1250. The third-order valence-corrected chi connectivity index (χ3v) is 5.32. The highest BCUT2D eigenvalue weighted by Crippen LogP contribution is 2.24. The van der Waals surface area contributed by atoms with Gasteiger partial charge < -0.3 is 11.1 Å². The molecule has 3 N–H and O–H groups in total. The van der Waals surface area contributed by atoms with E-state index < -0.39 is 27.1 Å². The molecule has 3 aromatic rings. The summed E-state index contributed by atoms with van der Waals surface area (Å²) in [6.45, 7) is 0. The number of amides is 1. The summed E-state index contributed by atoms with van der Waals surface area (Å²) < 4.78 is 37.9. The van der Waals surface area contributed by atoms with Gasteiger partial charge in [-0.3, -0.25) is 14.2 Å². The molecule has 0 bridgehead atoms. The van der Waals surface area contributed by atoms with Crippen molar-refractivity contribution in [3.8, 4) is 17.1 Å². The number of primary amides is 1. The molecule has 0 aliphatic rings. The van der Waals surface area contributed by atoms with E-state index in [1.165, 1.54) is 55.6 Å². The van der Waals surface area contributed by atoms with Crippen molar-refractivity contribution >= 4 is 21.6 Å². The van der Waals surface area contributed by atoms with Crippen LogP contribution < -0.4 is 16.6 Å². The third-order valence-electron chi connectivity index (χ3n) is 4.19. The number of nitrogens with two attached hydrogens (primary N) is 1. The van der Waals surface area contributed by atoms with Gasteiger partial charge in [-0.2, -0.15) is 0 Å². The molecule has 0 atom stereocenters. The highest BCUT2D eigenvalue weighted by atomic mass is 32.2. The Morgan fingerprint density at radius 2 is 1.69 bits per heavy atom. The van der Waals surface area contributed by atoms with Crippen LogP contribution in [-0.2, 0) is 9.84 Å². The topological polar surface area (TPSA) is 124 Å². The molecule has 1 heterocycles. The molecular formula is C19H17FN4O4S. The summed E-state index contributed by atoms with van der Waals surface area (Å²) in [6, 6.07) is 10.8. The van der Waals surface area contributed by atoms with E-state index in [1.807, 2.05) is 0 Å². The van der Waals surface area contributed by atoms with E-state index in [1.54, 1.807) is 0 Å². The van der Waals surface area contributed by atoms with E-state index in [0.717, 1.165) is 10.8 Å². The predicted octanol–water partition coefficient (Wildman–Crippen LogP) is 1.58. The van der Waals surface area contributed by atoms with Crippen molar-refractivity contribution < 1.29 is 17.6 Å². The molecule has 29 heavy (non-hydrogen) atoms. The highest BCUT2D eigenvalue weighted by molar-refractivity contribution is 7.90. The molecule has 1 amide bonds. The van der Waals surface area contributed by atoms with E-state index in [0.29, 0.717) is 5.56 Å². The smallest absolute Gasteiger partial charge is 0.273 e. The Hall–Kier alpha value is -3.53. The lowest BCUT2D eigenvalue weighted by Gasteiger charge is -2.16. The predicted molar refractivity (Wildman–Crippen MR) is 106 cm³/mol. The van der Waals surface area contributed by atoms with E-state index >= 15 is 0 Å². The number of rotatable bonds is 5. The number of carbonyl (C=O) groups is 1. The number of halogens is 1. The van der Waals surface area contributed by atoms with Gasteiger partial charge in [0.2, 0.25) is 0 Å². The molecule has 0 radical (unpaired) electrons. The second-order valence-electron chi connectivity index (χ2n) is 6.19. The first-order chi connectivity index (χ1) is 13.6. The van der Waals surface area contributed by atoms with Crippen molar-refractivity contribution in [3.63, 3.8) is 0 Å². The molecule has 0 saturated heterocycles. The van der Waals surface area contributed by atoms with Gasteiger partial charge in [0.05, 0.1) is 10.6 Å². The lowest BCUT2D eigenvalue weighted by atomic mass is 10.1. The van der Waals surface area contributed by atoms with Gasteiger partial charge in [0.25, 0.3) is 11.5 Å². The second kappa shape index (κ2) is 7.47. The van der Waals surface area contributed by atoms with Crippen molar-refractivity contribution in [2.24, 2.45) is 5.73 Å². The van der Waals surface area contributed by atoms with Gasteiger partial charge in [-0.25, -0.2) is 17.8 Å². The summed E-state index contributed by atoms with van der Waals surface area (Å²) in [6.07, 6.45) is 1.06. The number of aromatic nitrogens is 2. The summed E-state index contributed by atoms with van der Waals surface area (Å²) in [5.74, 6) is -1.34. The number of nitrogens with one attached hydrogen (secondary N) is 1. The van der Waals surface area contributed by atoms with Gasteiger partial charge in [0, 0.05) is 18.9 Å². The van der Waals surface area contributed by atoms with Gasteiger partial charge in [-0.15, -0.1) is 0 Å². The van der Waals surface area contributed by atoms with E-state index in [9.17, 15) is 22.4 Å². The Morgan fingerprint density at radius 3 is 2.17 bits per heavy atom. The number of nitrogens with zero attached hydrogens (tertiary/aromatic N) is 2. The summed E-state index contributed by atoms with van der Waals surface area (Å²) >= 11 is 0. The summed E-state index contributed by atoms with van der Waals surface area (Å²) in [7, 11) is -1.96. The Kier molecular flexibility index (Phi) is 5.21. The average Bonchev–Trinajstić information content (AvgIpc) is 2.67. The molecule has 150 valence electrons. The maximum atomic E-state index is 13.4. The fraction of sp³-hybridized carbons (Fsp3) is 0.105. The highest BCUT2D eigenvalue weighted by Gasteiger charge is 2.22. The van der Waals surface area contributed by atoms with Gasteiger partial charge in [0.15, 0.2) is 9.84 Å². The number of carbonyl (C=O) groups excluding carboxylic acids is 1. The van der Waals surface area contributed by atoms with Crippen LogP contribution in [0.15, 0.2) is 58.2 Å². The average molecular weight is 416 g/mol. The van der Waals surface area contributed by atoms with Crippen molar-refractivity contribution in [2.75, 3.05) is 18.6 Å². The first kappa shape index (κ1) is 20.2. The van der Waals surface area contributed by atoms with E-state index in [-0.39, 0.29) is 27.8 Å². The minimum atomic E-state index is -3.44. The number of hydrogen-bond donors (Lipinski definition) is 2. The zero-order chi connectivity index (χ0) is 21.3. The summed E-state index contributed by atoms with van der Waals surface area (Å²) in [5.41, 5.74) is 4.93. The standard InChI is InChI=1S/C19H17FN4O4S/c1-22-17-15(16(21)25)19(26)24(13-7-9-14(10-8-13)29(2,27)28)18(23-17)11-3-5-12(20)6-4-11/h3-10,22H,1-2H3,(H2,21,25). The Balaban J connectivity index is 2.36. The zero-order valence-electron chi connectivity index (χ0n) is 15.5. The van der Waals surface area contributed by atoms with E-state index in [4.69, 9.17) is 5.73 Å². The minimum absolute atomic E-state index is 0.0224. The van der Waals surface area contributed by atoms with Crippen LogP contribution in [0.25, 0.3) is 17.1 Å². The first-order valence-electron chi connectivity index (χ1n) is 8.34. The van der Waals surface area contributed by atoms with Crippen LogP contribution >= 0.6 is 0 Å². The van der Waals surface area contributed by atoms with Crippen LogP contribution in [0.2, 0.25) is 0 Å². The monoisotopic (exact) mass is 416 g/mol. The summed E-state index contributed by atoms with van der Waals surface area (Å²) in [5, 5.41) is 2.67. The zero-order valence-corrected chi connectivity index (χ0v) is 16.3. The van der Waals surface area contributed by atoms with Crippen LogP contribution in [0.5, 0.6) is 0 Å². The molecule has 0 unspecified atom stereocenters. The third kappa shape index (κ3) is 3.87. The van der Waals surface area contributed by atoms with Crippen molar-refractivity contribution in [2.45, 2.75) is 4.90 Å². The van der Waals surface area contributed by atoms with Crippen LogP contribution in [0.4, 0.5) is 10.2 Å². The first-order valence-corrected chi connectivity index (χ1v) is 10.2. The number of sulfone groups is 1. The largest absolute Gasteiger partial charge is 0.372 e. The van der Waals surface area contributed by atoms with Crippen molar-refractivity contribution in [1.82, 2.24) is 9.55 Å². The Morgan fingerprint density at radius 1 is 1.10 bits per heavy atom. The molecule has 0 aliphatic carbocycles. The molecule has 3 rings (SSSR count). The molecule has 8 nitrogen and oxygen atoms in total. The Labute approximate surface area is 165 Å². The van der Waals surface area contributed by atoms with Crippen LogP contribution in [0.3, 0.4) is 0 Å². The molecule has 0 saturated carbocycles. The van der Waals surface area contributed by atoms with Crippen molar-refractivity contribution in [3.05, 3.63) is 70.3 Å². The molecule has 10 heteroatoms. The van der Waals surface area contributed by atoms with Crippen LogP contribution in [0.1, 0.15) is 10.4 Å². The lowest BCUT2D eigenvalue weighted by molar-refractivity contribution is 0.0999. The molecule has 2 aromatic carbocycles. The van der Waals surface area contributed by atoms with Gasteiger partial charge in [-0.1, -0.05) is 0 Å². The number of hydrogen-bond acceptors (Lipinski definition) is 6. The number of anilines is 1. The maximum absolute atomic E-state index is 13.4. The maximum Gasteiger partial charge on any atom is 0.273 e. The van der Waals surface area contributed by atoms with Crippen LogP contribution in [-0.4, -0.2) is 37.2 Å². The van der Waals surface area contributed by atoms with Gasteiger partial charge in [-0.05, 0) is 48.5 Å². The molecule has 0 fully saturated rings. The van der Waals surface area contributed by atoms with Gasteiger partial charge >= 0.3 is 0 Å². The molecule has 0 aliphatic heterocycles. The van der Waals surface area contributed by atoms with Crippen molar-refractivity contribution in [1.29, 1.82) is 0 Å². The van der Waals surface area contributed by atoms with Gasteiger partial charge in [0.1, 0.15) is 23.0 Å². The quantitative estimate of drug-likeness (QED) is 0.651. The SMILES string of the molecule is CNc1nc(-c2ccc(F)cc2)n(-c2ccc(S(C)(=O)=O)cc2)c(=O)c1C(N)=O. The second-order valence-corrected chi connectivity index (χ2v) is 8.20. The lowest BCUT2D eigenvalue weighted by Crippen LogP contribution is -2.32. The number of benzene rings is 2. The molecule has 1 aromatic heterocycles.